The molecule has 0 saturated heterocycles. The van der Waals surface area contributed by atoms with E-state index in [0.29, 0.717) is 10.6 Å². The van der Waals surface area contributed by atoms with Gasteiger partial charge in [-0.1, -0.05) is 18.2 Å². The highest BCUT2D eigenvalue weighted by atomic mass is 32.1. The molecule has 2 heterocycles. The Morgan fingerprint density at radius 2 is 1.96 bits per heavy atom. The fourth-order valence-electron chi connectivity index (χ4n) is 2.91. The molecule has 0 unspecified atom stereocenters. The van der Waals surface area contributed by atoms with E-state index in [4.69, 9.17) is 9.47 Å². The molecule has 1 aromatic heterocycles. The van der Waals surface area contributed by atoms with Crippen molar-refractivity contribution in [2.45, 2.75) is 13.8 Å². The molecule has 0 spiro atoms. The number of aromatic nitrogens is 1. The highest BCUT2D eigenvalue weighted by Crippen LogP contribution is 2.36. The van der Waals surface area contributed by atoms with E-state index in [1.54, 1.807) is 6.20 Å². The molecule has 1 aliphatic rings. The minimum atomic E-state index is 0.242. The maximum Gasteiger partial charge on any atom is 0.231 e. The third-order valence-corrected chi connectivity index (χ3v) is 5.24. The van der Waals surface area contributed by atoms with Crippen molar-refractivity contribution in [2.75, 3.05) is 12.1 Å². The van der Waals surface area contributed by atoms with Gasteiger partial charge in [0.25, 0.3) is 0 Å². The standard InChI is InChI=1S/C21H17N3O2S/c1-13-4-3-5-14(2)20(13)23-10-16(9-22)21-24-17(11-27-21)15-6-7-18-19(8-15)26-12-25-18/h3-8,10-11,23H,12H2,1-2H3/b16-10+. The van der Waals surface area contributed by atoms with Crippen LogP contribution in [0.1, 0.15) is 16.1 Å². The Morgan fingerprint density at radius 3 is 2.74 bits per heavy atom. The highest BCUT2D eigenvalue weighted by Gasteiger charge is 2.16. The van der Waals surface area contributed by atoms with Gasteiger partial charge >= 0.3 is 0 Å². The van der Waals surface area contributed by atoms with Gasteiger partial charge in [0, 0.05) is 22.8 Å². The summed E-state index contributed by atoms with van der Waals surface area (Å²) in [5, 5.41) is 15.4. The van der Waals surface area contributed by atoms with Crippen LogP contribution in [0.2, 0.25) is 0 Å². The number of thiazole rings is 1. The number of nitrogens with zero attached hydrogens (tertiary/aromatic N) is 2. The van der Waals surface area contributed by atoms with Crippen LogP contribution in [0.4, 0.5) is 5.69 Å². The van der Waals surface area contributed by atoms with Crippen molar-refractivity contribution in [3.63, 3.8) is 0 Å². The van der Waals surface area contributed by atoms with E-state index in [2.05, 4.69) is 16.4 Å². The number of fused-ring (bicyclic) bond motifs is 1. The van der Waals surface area contributed by atoms with Crippen molar-refractivity contribution in [2.24, 2.45) is 0 Å². The molecule has 5 nitrogen and oxygen atoms in total. The van der Waals surface area contributed by atoms with Crippen molar-refractivity contribution in [3.05, 3.63) is 64.1 Å². The molecule has 0 bridgehead atoms. The molecule has 1 aliphatic heterocycles. The molecule has 6 heteroatoms. The molecule has 3 aromatic rings. The number of nitriles is 1. The second-order valence-corrected chi connectivity index (χ2v) is 7.05. The van der Waals surface area contributed by atoms with Gasteiger partial charge in [-0.05, 0) is 43.2 Å². The third-order valence-electron chi connectivity index (χ3n) is 4.37. The molecule has 0 fully saturated rings. The van der Waals surface area contributed by atoms with Gasteiger partial charge in [-0.15, -0.1) is 11.3 Å². The van der Waals surface area contributed by atoms with Gasteiger partial charge in [-0.3, -0.25) is 0 Å². The first-order valence-electron chi connectivity index (χ1n) is 8.44. The number of para-hydroxylation sites is 1. The zero-order valence-corrected chi connectivity index (χ0v) is 15.8. The number of rotatable bonds is 4. The molecule has 0 radical (unpaired) electrons. The quantitative estimate of drug-likeness (QED) is 0.640. The van der Waals surface area contributed by atoms with Crippen molar-refractivity contribution in [1.82, 2.24) is 4.98 Å². The van der Waals surface area contributed by atoms with Gasteiger partial charge in [-0.2, -0.15) is 5.26 Å². The van der Waals surface area contributed by atoms with Crippen LogP contribution in [0.15, 0.2) is 48.0 Å². The van der Waals surface area contributed by atoms with E-state index in [1.165, 1.54) is 11.3 Å². The van der Waals surface area contributed by atoms with E-state index in [1.807, 2.05) is 55.6 Å². The van der Waals surface area contributed by atoms with Crippen molar-refractivity contribution >= 4 is 22.6 Å². The predicted molar refractivity (Wildman–Crippen MR) is 107 cm³/mol. The van der Waals surface area contributed by atoms with Crippen molar-refractivity contribution in [3.8, 4) is 28.8 Å². The second kappa shape index (κ2) is 7.14. The Morgan fingerprint density at radius 1 is 1.19 bits per heavy atom. The summed E-state index contributed by atoms with van der Waals surface area (Å²) in [6.07, 6.45) is 1.72. The zero-order valence-electron chi connectivity index (χ0n) is 14.9. The van der Waals surface area contributed by atoms with E-state index in [-0.39, 0.29) is 6.79 Å². The lowest BCUT2D eigenvalue weighted by atomic mass is 10.1. The molecule has 0 amide bonds. The van der Waals surface area contributed by atoms with Crippen LogP contribution in [0.25, 0.3) is 16.8 Å². The van der Waals surface area contributed by atoms with E-state index < -0.39 is 0 Å². The SMILES string of the molecule is Cc1cccc(C)c1N/C=C(\C#N)c1nc(-c2ccc3c(c2)OCO3)cs1. The predicted octanol–water partition coefficient (Wildman–Crippen LogP) is 5.13. The fraction of sp³-hybridized carbons (Fsp3) is 0.143. The molecule has 27 heavy (non-hydrogen) atoms. The van der Waals surface area contributed by atoms with Gasteiger partial charge < -0.3 is 14.8 Å². The van der Waals surface area contributed by atoms with Gasteiger partial charge in [0.2, 0.25) is 6.79 Å². The first-order valence-corrected chi connectivity index (χ1v) is 9.32. The number of aryl methyl sites for hydroxylation is 2. The van der Waals surface area contributed by atoms with Crippen LogP contribution in [0.5, 0.6) is 11.5 Å². The number of allylic oxidation sites excluding steroid dienone is 1. The summed E-state index contributed by atoms with van der Waals surface area (Å²) in [7, 11) is 0. The van der Waals surface area contributed by atoms with Gasteiger partial charge in [0.1, 0.15) is 16.6 Å². The molecule has 0 aliphatic carbocycles. The number of nitrogens with one attached hydrogen (secondary N) is 1. The summed E-state index contributed by atoms with van der Waals surface area (Å²) in [6, 6.07) is 14.1. The van der Waals surface area contributed by atoms with Gasteiger partial charge in [0.05, 0.1) is 5.69 Å². The Labute approximate surface area is 161 Å². The molecule has 0 atom stereocenters. The number of anilines is 1. The van der Waals surface area contributed by atoms with Crippen LogP contribution in [-0.4, -0.2) is 11.8 Å². The average molecular weight is 375 g/mol. The van der Waals surface area contributed by atoms with Crippen LogP contribution in [0.3, 0.4) is 0 Å². The van der Waals surface area contributed by atoms with Crippen LogP contribution >= 0.6 is 11.3 Å². The monoisotopic (exact) mass is 375 g/mol. The average Bonchev–Trinajstić information content (AvgIpc) is 3.33. The normalized spacial score (nSPS) is 12.7. The molecule has 134 valence electrons. The number of hydrogen-bond acceptors (Lipinski definition) is 6. The summed E-state index contributed by atoms with van der Waals surface area (Å²) in [4.78, 5) is 4.63. The zero-order chi connectivity index (χ0) is 18.8. The van der Waals surface area contributed by atoms with Crippen molar-refractivity contribution in [1.29, 1.82) is 5.26 Å². The molecule has 1 N–H and O–H groups in total. The summed E-state index contributed by atoms with van der Waals surface area (Å²) in [6.45, 7) is 4.32. The minimum absolute atomic E-state index is 0.242. The van der Waals surface area contributed by atoms with E-state index in [0.717, 1.165) is 39.6 Å². The van der Waals surface area contributed by atoms with E-state index in [9.17, 15) is 5.26 Å². The summed E-state index contributed by atoms with van der Waals surface area (Å²) >= 11 is 1.44. The van der Waals surface area contributed by atoms with Crippen molar-refractivity contribution < 1.29 is 9.47 Å². The number of benzene rings is 2. The van der Waals surface area contributed by atoms with Gasteiger partial charge in [0.15, 0.2) is 11.5 Å². The van der Waals surface area contributed by atoms with Crippen LogP contribution in [0, 0.1) is 25.2 Å². The third kappa shape index (κ3) is 3.37. The number of ether oxygens (including phenoxy) is 2. The largest absolute Gasteiger partial charge is 0.454 e. The fourth-order valence-corrected chi connectivity index (χ4v) is 3.71. The molecular weight excluding hydrogens is 358 g/mol. The lowest BCUT2D eigenvalue weighted by molar-refractivity contribution is 0.174. The first kappa shape index (κ1) is 17.1. The number of hydrogen-bond donors (Lipinski definition) is 1. The highest BCUT2D eigenvalue weighted by molar-refractivity contribution is 7.11. The molecular formula is C21H17N3O2S. The topological polar surface area (TPSA) is 67.2 Å². The Balaban J connectivity index is 1.60. The minimum Gasteiger partial charge on any atom is -0.454 e. The molecule has 0 saturated carbocycles. The second-order valence-electron chi connectivity index (χ2n) is 6.19. The maximum atomic E-state index is 9.57. The van der Waals surface area contributed by atoms with Gasteiger partial charge in [-0.25, -0.2) is 4.98 Å². The Kier molecular flexibility index (Phi) is 4.53. The van der Waals surface area contributed by atoms with Crippen LogP contribution in [-0.2, 0) is 0 Å². The smallest absolute Gasteiger partial charge is 0.231 e. The van der Waals surface area contributed by atoms with E-state index >= 15 is 0 Å². The summed E-state index contributed by atoms with van der Waals surface area (Å²) in [5.74, 6) is 1.46. The maximum absolute atomic E-state index is 9.57. The lowest BCUT2D eigenvalue weighted by Crippen LogP contribution is -1.96. The summed E-state index contributed by atoms with van der Waals surface area (Å²) < 4.78 is 10.8. The Hall–Kier alpha value is -3.30. The Bertz CT molecular complexity index is 1060. The summed E-state index contributed by atoms with van der Waals surface area (Å²) in [5.41, 5.74) is 5.50. The first-order chi connectivity index (χ1) is 13.2. The lowest BCUT2D eigenvalue weighted by Gasteiger charge is -2.09. The molecule has 2 aromatic carbocycles. The molecule has 4 rings (SSSR count). The van der Waals surface area contributed by atoms with Crippen LogP contribution < -0.4 is 14.8 Å².